The largest absolute Gasteiger partial charge is 0.490 e. The molecular formula is C17H26F2O2. The summed E-state index contributed by atoms with van der Waals surface area (Å²) in [4.78, 5) is 0. The number of benzene rings is 1. The van der Waals surface area contributed by atoms with Gasteiger partial charge in [0.15, 0.2) is 11.5 Å². The van der Waals surface area contributed by atoms with Crippen molar-refractivity contribution in [2.75, 3.05) is 13.2 Å². The molecule has 0 fully saturated rings. The third-order valence-corrected chi connectivity index (χ3v) is 3.23. The molecule has 120 valence electrons. The molecule has 0 unspecified atom stereocenters. The summed E-state index contributed by atoms with van der Waals surface area (Å²) in [5, 5.41) is 0. The van der Waals surface area contributed by atoms with E-state index in [2.05, 4.69) is 6.92 Å². The van der Waals surface area contributed by atoms with E-state index in [-0.39, 0.29) is 11.5 Å². The van der Waals surface area contributed by atoms with Gasteiger partial charge in [0.25, 0.3) is 0 Å². The van der Waals surface area contributed by atoms with Crippen molar-refractivity contribution >= 4 is 0 Å². The first-order valence-electron chi connectivity index (χ1n) is 7.94. The summed E-state index contributed by atoms with van der Waals surface area (Å²) in [6.45, 7) is 4.87. The Morgan fingerprint density at radius 2 is 1.24 bits per heavy atom. The van der Waals surface area contributed by atoms with E-state index >= 15 is 0 Å². The van der Waals surface area contributed by atoms with E-state index in [1.54, 1.807) is 0 Å². The van der Waals surface area contributed by atoms with Crippen LogP contribution in [0.2, 0.25) is 0 Å². The van der Waals surface area contributed by atoms with Crippen LogP contribution in [0.1, 0.15) is 58.8 Å². The lowest BCUT2D eigenvalue weighted by Gasteiger charge is -2.11. The van der Waals surface area contributed by atoms with E-state index in [0.717, 1.165) is 25.7 Å². The van der Waals surface area contributed by atoms with Gasteiger partial charge in [0, 0.05) is 0 Å². The van der Waals surface area contributed by atoms with Crippen molar-refractivity contribution in [1.82, 2.24) is 0 Å². The molecule has 0 bridgehead atoms. The molecule has 0 aliphatic heterocycles. The maximum Gasteiger partial charge on any atom is 0.204 e. The van der Waals surface area contributed by atoms with Gasteiger partial charge in [-0.05, 0) is 25.0 Å². The van der Waals surface area contributed by atoms with Gasteiger partial charge < -0.3 is 9.47 Å². The molecule has 0 N–H and O–H groups in total. The quantitative estimate of drug-likeness (QED) is 0.503. The summed E-state index contributed by atoms with van der Waals surface area (Å²) in [6, 6.07) is 2.85. The van der Waals surface area contributed by atoms with Gasteiger partial charge in [-0.15, -0.1) is 0 Å². The van der Waals surface area contributed by atoms with Gasteiger partial charge in [-0.1, -0.05) is 46.0 Å². The Balaban J connectivity index is 2.36. The number of unbranched alkanes of at least 4 members (excludes halogenated alkanes) is 5. The number of halogens is 2. The van der Waals surface area contributed by atoms with Crippen molar-refractivity contribution in [3.8, 4) is 11.5 Å². The van der Waals surface area contributed by atoms with Crippen molar-refractivity contribution < 1.29 is 18.3 Å². The molecule has 21 heavy (non-hydrogen) atoms. The van der Waals surface area contributed by atoms with Crippen LogP contribution in [0, 0.1) is 11.6 Å². The molecule has 0 atom stereocenters. The lowest BCUT2D eigenvalue weighted by Crippen LogP contribution is -2.03. The zero-order valence-electron chi connectivity index (χ0n) is 13.1. The average molecular weight is 300 g/mol. The highest BCUT2D eigenvalue weighted by Gasteiger charge is 2.15. The van der Waals surface area contributed by atoms with Gasteiger partial charge in [0.05, 0.1) is 13.2 Å². The second-order valence-electron chi connectivity index (χ2n) is 5.15. The van der Waals surface area contributed by atoms with Crippen molar-refractivity contribution in [3.05, 3.63) is 23.8 Å². The zero-order chi connectivity index (χ0) is 15.5. The molecule has 2 nitrogen and oxygen atoms in total. The number of ether oxygens (including phenoxy) is 2. The second kappa shape index (κ2) is 10.4. The van der Waals surface area contributed by atoms with Crippen LogP contribution in [-0.2, 0) is 0 Å². The van der Waals surface area contributed by atoms with Crippen LogP contribution < -0.4 is 9.47 Å². The molecule has 1 aromatic rings. The van der Waals surface area contributed by atoms with Gasteiger partial charge in [-0.25, -0.2) is 0 Å². The third kappa shape index (κ3) is 6.32. The summed E-state index contributed by atoms with van der Waals surface area (Å²) >= 11 is 0. The molecule has 1 rings (SSSR count). The first kappa shape index (κ1) is 17.7. The molecular weight excluding hydrogens is 274 g/mol. The van der Waals surface area contributed by atoms with Gasteiger partial charge in [-0.2, -0.15) is 8.78 Å². The Morgan fingerprint density at radius 1 is 0.714 bits per heavy atom. The van der Waals surface area contributed by atoms with Crippen molar-refractivity contribution in [2.45, 2.75) is 58.8 Å². The van der Waals surface area contributed by atoms with Crippen LogP contribution in [0.15, 0.2) is 12.1 Å². The second-order valence-corrected chi connectivity index (χ2v) is 5.15. The molecule has 4 heteroatoms. The molecule has 0 radical (unpaired) electrons. The molecule has 0 aromatic heterocycles. The molecule has 0 saturated heterocycles. The van der Waals surface area contributed by atoms with E-state index in [1.165, 1.54) is 31.4 Å². The summed E-state index contributed by atoms with van der Waals surface area (Å²) in [5.41, 5.74) is 0. The summed E-state index contributed by atoms with van der Waals surface area (Å²) in [7, 11) is 0. The molecule has 0 aliphatic rings. The van der Waals surface area contributed by atoms with E-state index < -0.39 is 11.6 Å². The highest BCUT2D eigenvalue weighted by Crippen LogP contribution is 2.27. The Hall–Kier alpha value is -1.32. The lowest BCUT2D eigenvalue weighted by atomic mass is 10.1. The normalized spacial score (nSPS) is 10.7. The van der Waals surface area contributed by atoms with E-state index in [0.29, 0.717) is 13.2 Å². The Labute approximate surface area is 126 Å². The minimum Gasteiger partial charge on any atom is -0.490 e. The molecule has 0 spiro atoms. The monoisotopic (exact) mass is 300 g/mol. The highest BCUT2D eigenvalue weighted by atomic mass is 19.2. The third-order valence-electron chi connectivity index (χ3n) is 3.23. The van der Waals surface area contributed by atoms with Crippen LogP contribution >= 0.6 is 0 Å². The van der Waals surface area contributed by atoms with Gasteiger partial charge in [0.2, 0.25) is 11.6 Å². The van der Waals surface area contributed by atoms with Crippen LogP contribution in [0.3, 0.4) is 0 Å². The standard InChI is InChI=1S/C17H26F2O2/c1-3-5-6-7-8-9-13-21-15-11-10-14(20-12-4-2)16(18)17(15)19/h10-11H,3-9,12-13H2,1-2H3. The van der Waals surface area contributed by atoms with Gasteiger partial charge >= 0.3 is 0 Å². The Bertz CT molecular complexity index is 408. The molecule has 0 aliphatic carbocycles. The van der Waals surface area contributed by atoms with Gasteiger partial charge in [-0.3, -0.25) is 0 Å². The number of hydrogen-bond acceptors (Lipinski definition) is 2. The Morgan fingerprint density at radius 3 is 1.81 bits per heavy atom. The van der Waals surface area contributed by atoms with Crippen LogP contribution in [0.5, 0.6) is 11.5 Å². The Kier molecular flexibility index (Phi) is 8.79. The van der Waals surface area contributed by atoms with E-state index in [9.17, 15) is 8.78 Å². The van der Waals surface area contributed by atoms with Crippen LogP contribution in [0.25, 0.3) is 0 Å². The van der Waals surface area contributed by atoms with E-state index in [4.69, 9.17) is 9.47 Å². The summed E-state index contributed by atoms with van der Waals surface area (Å²) in [5.74, 6) is -2.02. The smallest absolute Gasteiger partial charge is 0.204 e. The number of hydrogen-bond donors (Lipinski definition) is 0. The first-order valence-corrected chi connectivity index (χ1v) is 7.94. The molecule has 0 amide bonds. The summed E-state index contributed by atoms with van der Waals surface area (Å²) in [6.07, 6.45) is 7.52. The fraction of sp³-hybridized carbons (Fsp3) is 0.647. The van der Waals surface area contributed by atoms with Crippen molar-refractivity contribution in [2.24, 2.45) is 0 Å². The molecule has 1 aromatic carbocycles. The fourth-order valence-corrected chi connectivity index (χ4v) is 2.01. The SMILES string of the molecule is CCCCCCCCOc1ccc(OCCC)c(F)c1F. The maximum atomic E-state index is 13.8. The predicted molar refractivity (Wildman–Crippen MR) is 81.0 cm³/mol. The topological polar surface area (TPSA) is 18.5 Å². The van der Waals surface area contributed by atoms with Crippen molar-refractivity contribution in [3.63, 3.8) is 0 Å². The van der Waals surface area contributed by atoms with E-state index in [1.807, 2.05) is 6.92 Å². The molecule has 0 saturated carbocycles. The fourth-order valence-electron chi connectivity index (χ4n) is 2.01. The van der Waals surface area contributed by atoms with Crippen molar-refractivity contribution in [1.29, 1.82) is 0 Å². The minimum absolute atomic E-state index is 0.0371. The highest BCUT2D eigenvalue weighted by molar-refractivity contribution is 5.35. The maximum absolute atomic E-state index is 13.8. The minimum atomic E-state index is -0.969. The lowest BCUT2D eigenvalue weighted by molar-refractivity contribution is 0.270. The van der Waals surface area contributed by atoms with Gasteiger partial charge in [0.1, 0.15) is 0 Å². The molecule has 0 heterocycles. The van der Waals surface area contributed by atoms with Crippen LogP contribution in [-0.4, -0.2) is 13.2 Å². The first-order chi connectivity index (χ1) is 10.2. The average Bonchev–Trinajstić information content (AvgIpc) is 2.49. The predicted octanol–water partition coefficient (Wildman–Crippen LogP) is 5.49. The number of rotatable bonds is 11. The summed E-state index contributed by atoms with van der Waals surface area (Å²) < 4.78 is 38.0. The zero-order valence-corrected chi connectivity index (χ0v) is 13.1. The van der Waals surface area contributed by atoms with Crippen LogP contribution in [0.4, 0.5) is 8.78 Å².